The number of benzene rings is 7. The molecule has 0 bridgehead atoms. The van der Waals surface area contributed by atoms with Gasteiger partial charge in [0, 0.05) is 16.7 Å². The van der Waals surface area contributed by atoms with Crippen LogP contribution in [0.1, 0.15) is 5.82 Å². The predicted molar refractivity (Wildman–Crippen MR) is 204 cm³/mol. The fourth-order valence-corrected chi connectivity index (χ4v) is 6.88. The first-order valence-electron chi connectivity index (χ1n) is 16.2. The lowest BCUT2D eigenvalue weighted by molar-refractivity contribution is 0.911. The van der Waals surface area contributed by atoms with Gasteiger partial charge in [0.2, 0.25) is 5.95 Å². The molecule has 0 aliphatic rings. The summed E-state index contributed by atoms with van der Waals surface area (Å²) in [7, 11) is 0. The molecule has 0 saturated heterocycles. The van der Waals surface area contributed by atoms with Gasteiger partial charge in [-0.15, -0.1) is 0 Å². The first-order valence-corrected chi connectivity index (χ1v) is 16.2. The van der Waals surface area contributed by atoms with Crippen LogP contribution in [0.4, 0.5) is 0 Å². The van der Waals surface area contributed by atoms with E-state index in [4.69, 9.17) is 19.9 Å². The summed E-state index contributed by atoms with van der Waals surface area (Å²) in [5.74, 6) is 2.29. The van der Waals surface area contributed by atoms with E-state index in [1.54, 1.807) is 12.2 Å². The molecule has 0 spiro atoms. The zero-order valence-corrected chi connectivity index (χ0v) is 26.6. The van der Waals surface area contributed by atoms with Crippen LogP contribution in [0, 0.1) is 0 Å². The molecule has 2 heterocycles. The van der Waals surface area contributed by atoms with Gasteiger partial charge >= 0.3 is 0 Å². The molecule has 0 unspecified atom stereocenters. The standard InChI is InChI=1S/C44H29N5/c1-3-13-28(4-2)43-45-39-20-11-12-21-40(39)49(43)44-47-41(31-23-22-29-14-5-6-15-30(29)26-31)46-42(48-44)32-24-25-37-35-18-8-7-16-33(35)34-17-9-10-19-36(34)38(37)27-32/h3-27H,1-2H2/b28-13+. The van der Waals surface area contributed by atoms with Crippen molar-refractivity contribution in [2.45, 2.75) is 0 Å². The van der Waals surface area contributed by atoms with Crippen LogP contribution in [0.5, 0.6) is 0 Å². The Balaban J connectivity index is 1.35. The Hall–Kier alpha value is -6.72. The number of hydrogen-bond acceptors (Lipinski definition) is 4. The number of nitrogens with zero attached hydrogens (tertiary/aromatic N) is 5. The van der Waals surface area contributed by atoms with Gasteiger partial charge in [0.15, 0.2) is 11.6 Å². The first kappa shape index (κ1) is 28.5. The predicted octanol–water partition coefficient (Wildman–Crippen LogP) is 10.9. The molecule has 9 aromatic rings. The highest BCUT2D eigenvalue weighted by Gasteiger charge is 2.20. The fourth-order valence-electron chi connectivity index (χ4n) is 6.88. The van der Waals surface area contributed by atoms with Crippen LogP contribution in [0.25, 0.3) is 88.4 Å². The molecule has 0 aliphatic heterocycles. The molecule has 0 N–H and O–H groups in total. The summed E-state index contributed by atoms with van der Waals surface area (Å²) in [6.07, 6.45) is 5.42. The van der Waals surface area contributed by atoms with Crippen LogP contribution < -0.4 is 0 Å². The topological polar surface area (TPSA) is 56.5 Å². The second-order valence-corrected chi connectivity index (χ2v) is 12.0. The molecule has 7 aromatic carbocycles. The average Bonchev–Trinajstić information content (AvgIpc) is 3.56. The molecule has 0 atom stereocenters. The Morgan fingerprint density at radius 1 is 0.510 bits per heavy atom. The van der Waals surface area contributed by atoms with Crippen LogP contribution in [0.3, 0.4) is 0 Å². The van der Waals surface area contributed by atoms with E-state index in [0.717, 1.165) is 43.9 Å². The van der Waals surface area contributed by atoms with Crippen molar-refractivity contribution in [2.75, 3.05) is 0 Å². The maximum absolute atomic E-state index is 5.18. The van der Waals surface area contributed by atoms with Gasteiger partial charge in [0.05, 0.1) is 11.0 Å². The molecule has 5 nitrogen and oxygen atoms in total. The second kappa shape index (κ2) is 11.5. The van der Waals surface area contributed by atoms with E-state index in [0.29, 0.717) is 23.4 Å². The lowest BCUT2D eigenvalue weighted by Crippen LogP contribution is -2.09. The first-order chi connectivity index (χ1) is 24.2. The normalized spacial score (nSPS) is 12.0. The molecule has 0 saturated carbocycles. The third-order valence-corrected chi connectivity index (χ3v) is 9.17. The van der Waals surface area contributed by atoms with Crippen molar-refractivity contribution >= 4 is 59.7 Å². The summed E-state index contributed by atoms with van der Waals surface area (Å²) in [4.78, 5) is 20.5. The second-order valence-electron chi connectivity index (χ2n) is 12.0. The van der Waals surface area contributed by atoms with E-state index in [1.807, 2.05) is 47.0 Å². The van der Waals surface area contributed by atoms with Gasteiger partial charge in [-0.1, -0.05) is 141 Å². The van der Waals surface area contributed by atoms with Gasteiger partial charge in [-0.05, 0) is 67.4 Å². The van der Waals surface area contributed by atoms with Crippen molar-refractivity contribution in [3.63, 3.8) is 0 Å². The molecule has 0 radical (unpaired) electrons. The maximum Gasteiger partial charge on any atom is 0.240 e. The average molecular weight is 628 g/mol. The molecular weight excluding hydrogens is 599 g/mol. The fraction of sp³-hybridized carbons (Fsp3) is 0. The summed E-state index contributed by atoms with van der Waals surface area (Å²) in [5.41, 5.74) is 4.32. The van der Waals surface area contributed by atoms with Crippen molar-refractivity contribution in [1.82, 2.24) is 24.5 Å². The van der Waals surface area contributed by atoms with Crippen LogP contribution in [-0.4, -0.2) is 24.5 Å². The van der Waals surface area contributed by atoms with Gasteiger partial charge in [-0.2, -0.15) is 9.97 Å². The molecule has 230 valence electrons. The number of allylic oxidation sites excluding steroid dienone is 4. The Morgan fingerprint density at radius 3 is 1.78 bits per heavy atom. The van der Waals surface area contributed by atoms with Crippen LogP contribution in [0.15, 0.2) is 165 Å². The van der Waals surface area contributed by atoms with E-state index in [2.05, 4.69) is 110 Å². The summed E-state index contributed by atoms with van der Waals surface area (Å²) in [6.45, 7) is 8.00. The number of hydrogen-bond donors (Lipinski definition) is 0. The third-order valence-electron chi connectivity index (χ3n) is 9.17. The van der Waals surface area contributed by atoms with Crippen LogP contribution >= 0.6 is 0 Å². The molecule has 2 aromatic heterocycles. The Morgan fingerprint density at radius 2 is 1.08 bits per heavy atom. The molecular formula is C44H29N5. The van der Waals surface area contributed by atoms with Gasteiger partial charge in [0.1, 0.15) is 5.82 Å². The molecule has 49 heavy (non-hydrogen) atoms. The zero-order valence-electron chi connectivity index (χ0n) is 26.6. The minimum Gasteiger partial charge on any atom is -0.260 e. The molecule has 5 heteroatoms. The van der Waals surface area contributed by atoms with Gasteiger partial charge < -0.3 is 0 Å². The summed E-state index contributed by atoms with van der Waals surface area (Å²) >= 11 is 0. The van der Waals surface area contributed by atoms with E-state index in [1.165, 1.54) is 26.9 Å². The SMILES string of the molecule is C=C/C=C(\C=C)c1nc2ccccc2n1-c1nc(-c2ccc3ccccc3c2)nc(-c2ccc3c4ccccc4c4ccccc4c3c2)n1. The van der Waals surface area contributed by atoms with Crippen molar-refractivity contribution in [2.24, 2.45) is 0 Å². The molecule has 0 fully saturated rings. The highest BCUT2D eigenvalue weighted by molar-refractivity contribution is 6.25. The maximum atomic E-state index is 5.18. The minimum atomic E-state index is 0.470. The highest BCUT2D eigenvalue weighted by atomic mass is 15.2. The number of para-hydroxylation sites is 2. The number of aromatic nitrogens is 5. The minimum absolute atomic E-state index is 0.470. The Bertz CT molecular complexity index is 2790. The Labute approximate surface area is 282 Å². The number of fused-ring (bicyclic) bond motifs is 8. The van der Waals surface area contributed by atoms with Gasteiger partial charge in [0.25, 0.3) is 0 Å². The lowest BCUT2D eigenvalue weighted by Gasteiger charge is -2.14. The number of imidazole rings is 1. The van der Waals surface area contributed by atoms with E-state index in [-0.39, 0.29) is 0 Å². The quantitative estimate of drug-likeness (QED) is 0.136. The lowest BCUT2D eigenvalue weighted by atomic mass is 9.93. The largest absolute Gasteiger partial charge is 0.260 e. The van der Waals surface area contributed by atoms with Crippen LogP contribution in [-0.2, 0) is 0 Å². The molecule has 0 amide bonds. The van der Waals surface area contributed by atoms with E-state index >= 15 is 0 Å². The van der Waals surface area contributed by atoms with Gasteiger partial charge in [-0.3, -0.25) is 4.57 Å². The smallest absolute Gasteiger partial charge is 0.240 e. The van der Waals surface area contributed by atoms with Crippen molar-refractivity contribution in [1.29, 1.82) is 0 Å². The summed E-state index contributed by atoms with van der Waals surface area (Å²) in [6, 6.07) is 46.4. The van der Waals surface area contributed by atoms with Gasteiger partial charge in [-0.25, -0.2) is 9.97 Å². The third kappa shape index (κ3) is 4.71. The zero-order chi connectivity index (χ0) is 32.9. The van der Waals surface area contributed by atoms with Crippen LogP contribution in [0.2, 0.25) is 0 Å². The molecule has 9 rings (SSSR count). The number of rotatable bonds is 6. The Kier molecular flexibility index (Phi) is 6.69. The van der Waals surface area contributed by atoms with Crippen molar-refractivity contribution in [3.05, 3.63) is 171 Å². The highest BCUT2D eigenvalue weighted by Crippen LogP contribution is 2.37. The molecule has 0 aliphatic carbocycles. The summed E-state index contributed by atoms with van der Waals surface area (Å²) < 4.78 is 1.99. The van der Waals surface area contributed by atoms with E-state index < -0.39 is 0 Å². The summed E-state index contributed by atoms with van der Waals surface area (Å²) in [5, 5.41) is 9.48. The van der Waals surface area contributed by atoms with Crippen molar-refractivity contribution in [3.8, 4) is 28.7 Å². The van der Waals surface area contributed by atoms with E-state index in [9.17, 15) is 0 Å². The van der Waals surface area contributed by atoms with Crippen molar-refractivity contribution < 1.29 is 0 Å². The monoisotopic (exact) mass is 627 g/mol.